The lowest BCUT2D eigenvalue weighted by Crippen LogP contribution is -2.11. The molecule has 0 spiro atoms. The molecule has 0 aliphatic carbocycles. The number of rotatable bonds is 6. The summed E-state index contributed by atoms with van der Waals surface area (Å²) in [5.74, 6) is 1.31. The van der Waals surface area contributed by atoms with Crippen molar-refractivity contribution in [1.29, 1.82) is 0 Å². The van der Waals surface area contributed by atoms with Gasteiger partial charge in [0.25, 0.3) is 0 Å². The highest BCUT2D eigenvalue weighted by Gasteiger charge is 2.13. The fourth-order valence-electron chi connectivity index (χ4n) is 2.72. The van der Waals surface area contributed by atoms with E-state index in [0.717, 1.165) is 21.8 Å². The van der Waals surface area contributed by atoms with Gasteiger partial charge < -0.3 is 19.3 Å². The molecule has 0 aliphatic rings. The standard InChI is InChI=1S/C20H21N3O4S/c1-21-20-23(15(12-28-20)14-7-5-6-8-16(14)25-2)22-11-13-9-17(26-3)19(24)18(10-13)27-4/h5-12,24H,1-4H3. The summed E-state index contributed by atoms with van der Waals surface area (Å²) in [4.78, 5) is 5.03. The molecular weight excluding hydrogens is 378 g/mol. The lowest BCUT2D eigenvalue weighted by molar-refractivity contribution is 0.340. The molecule has 1 heterocycles. The van der Waals surface area contributed by atoms with Crippen LogP contribution >= 0.6 is 11.3 Å². The van der Waals surface area contributed by atoms with Gasteiger partial charge in [0.15, 0.2) is 11.5 Å². The third kappa shape index (κ3) is 3.72. The molecule has 0 saturated carbocycles. The Morgan fingerprint density at radius 2 is 1.64 bits per heavy atom. The second kappa shape index (κ2) is 8.62. The van der Waals surface area contributed by atoms with Gasteiger partial charge in [0.1, 0.15) is 5.75 Å². The largest absolute Gasteiger partial charge is 0.502 e. The third-order valence-corrected chi connectivity index (χ3v) is 4.99. The van der Waals surface area contributed by atoms with E-state index in [-0.39, 0.29) is 5.75 Å². The molecule has 3 rings (SSSR count). The molecule has 0 bridgehead atoms. The summed E-state index contributed by atoms with van der Waals surface area (Å²) in [6.45, 7) is 0. The minimum absolute atomic E-state index is 0.0516. The Labute approximate surface area is 166 Å². The van der Waals surface area contributed by atoms with Crippen molar-refractivity contribution < 1.29 is 19.3 Å². The maximum absolute atomic E-state index is 10.1. The molecule has 0 fully saturated rings. The zero-order valence-electron chi connectivity index (χ0n) is 16.0. The van der Waals surface area contributed by atoms with Crippen molar-refractivity contribution in [3.05, 3.63) is 52.1 Å². The van der Waals surface area contributed by atoms with Gasteiger partial charge in [-0.2, -0.15) is 5.10 Å². The van der Waals surface area contributed by atoms with Crippen LogP contribution in [0.25, 0.3) is 11.3 Å². The highest BCUT2D eigenvalue weighted by molar-refractivity contribution is 7.07. The third-order valence-electron chi connectivity index (χ3n) is 4.08. The first-order valence-electron chi connectivity index (χ1n) is 8.39. The van der Waals surface area contributed by atoms with Crippen LogP contribution in [-0.4, -0.2) is 44.4 Å². The van der Waals surface area contributed by atoms with Gasteiger partial charge in [-0.25, -0.2) is 4.68 Å². The summed E-state index contributed by atoms with van der Waals surface area (Å²) in [6.07, 6.45) is 1.66. The van der Waals surface area contributed by atoms with Crippen LogP contribution in [0.15, 0.2) is 51.9 Å². The number of hydrogen-bond donors (Lipinski definition) is 1. The van der Waals surface area contributed by atoms with E-state index < -0.39 is 0 Å². The second-order valence-electron chi connectivity index (χ2n) is 5.66. The molecule has 1 aromatic heterocycles. The molecule has 8 heteroatoms. The van der Waals surface area contributed by atoms with Crippen LogP contribution in [0.1, 0.15) is 5.56 Å². The lowest BCUT2D eigenvalue weighted by atomic mass is 10.1. The highest BCUT2D eigenvalue weighted by Crippen LogP contribution is 2.36. The van der Waals surface area contributed by atoms with E-state index in [1.165, 1.54) is 25.6 Å². The summed E-state index contributed by atoms with van der Waals surface area (Å²) >= 11 is 1.48. The molecule has 1 N–H and O–H groups in total. The predicted octanol–water partition coefficient (Wildman–Crippen LogP) is 3.36. The Kier molecular flexibility index (Phi) is 6.00. The molecule has 0 amide bonds. The average Bonchev–Trinajstić information content (AvgIpc) is 3.15. The van der Waals surface area contributed by atoms with E-state index in [0.29, 0.717) is 17.1 Å². The summed E-state index contributed by atoms with van der Waals surface area (Å²) in [5.41, 5.74) is 2.48. The Morgan fingerprint density at radius 1 is 1.00 bits per heavy atom. The van der Waals surface area contributed by atoms with Gasteiger partial charge in [-0.05, 0) is 24.3 Å². The van der Waals surface area contributed by atoms with Crippen molar-refractivity contribution in [2.45, 2.75) is 0 Å². The van der Waals surface area contributed by atoms with Gasteiger partial charge >= 0.3 is 0 Å². The van der Waals surface area contributed by atoms with Crippen molar-refractivity contribution in [2.24, 2.45) is 10.1 Å². The molecule has 7 nitrogen and oxygen atoms in total. The molecule has 28 heavy (non-hydrogen) atoms. The normalized spacial score (nSPS) is 11.8. The number of methoxy groups -OCH3 is 3. The number of nitrogens with zero attached hydrogens (tertiary/aromatic N) is 3. The molecule has 0 radical (unpaired) electrons. The van der Waals surface area contributed by atoms with Crippen LogP contribution in [0.4, 0.5) is 0 Å². The molecular formula is C20H21N3O4S. The van der Waals surface area contributed by atoms with E-state index >= 15 is 0 Å². The van der Waals surface area contributed by atoms with Gasteiger partial charge in [0.05, 0.1) is 33.2 Å². The Hall–Kier alpha value is -3.26. The maximum atomic E-state index is 10.1. The molecule has 0 aliphatic heterocycles. The van der Waals surface area contributed by atoms with Crippen LogP contribution in [-0.2, 0) is 0 Å². The van der Waals surface area contributed by atoms with Gasteiger partial charge in [-0.3, -0.25) is 4.99 Å². The minimum atomic E-state index is -0.0516. The number of aromatic nitrogens is 1. The van der Waals surface area contributed by atoms with Gasteiger partial charge in [0.2, 0.25) is 10.6 Å². The fourth-order valence-corrected chi connectivity index (χ4v) is 3.51. The first-order chi connectivity index (χ1) is 13.6. The minimum Gasteiger partial charge on any atom is -0.502 e. The lowest BCUT2D eigenvalue weighted by Gasteiger charge is -2.10. The monoisotopic (exact) mass is 399 g/mol. The summed E-state index contributed by atoms with van der Waals surface area (Å²) in [7, 11) is 6.32. The van der Waals surface area contributed by atoms with Gasteiger partial charge in [-0.1, -0.05) is 12.1 Å². The molecule has 146 valence electrons. The number of ether oxygens (including phenoxy) is 3. The molecule has 2 aromatic carbocycles. The van der Waals surface area contributed by atoms with E-state index in [1.54, 1.807) is 37.2 Å². The Bertz CT molecular complexity index is 1040. The van der Waals surface area contributed by atoms with Crippen LogP contribution in [0.5, 0.6) is 23.0 Å². The smallest absolute Gasteiger partial charge is 0.205 e. The topological polar surface area (TPSA) is 77.6 Å². The van der Waals surface area contributed by atoms with Crippen molar-refractivity contribution in [2.75, 3.05) is 28.4 Å². The van der Waals surface area contributed by atoms with Crippen molar-refractivity contribution >= 4 is 17.6 Å². The van der Waals surface area contributed by atoms with Crippen LogP contribution in [0.3, 0.4) is 0 Å². The van der Waals surface area contributed by atoms with Gasteiger partial charge in [0, 0.05) is 23.6 Å². The zero-order valence-corrected chi connectivity index (χ0v) is 16.9. The molecule has 0 atom stereocenters. The van der Waals surface area contributed by atoms with Crippen LogP contribution in [0.2, 0.25) is 0 Å². The number of aromatic hydroxyl groups is 1. The number of phenolic OH excluding ortho intramolecular Hbond substituents is 1. The Morgan fingerprint density at radius 3 is 2.25 bits per heavy atom. The summed E-state index contributed by atoms with van der Waals surface area (Å²) in [6, 6.07) is 11.1. The first-order valence-corrected chi connectivity index (χ1v) is 9.27. The maximum Gasteiger partial charge on any atom is 0.205 e. The Balaban J connectivity index is 2.10. The second-order valence-corrected chi connectivity index (χ2v) is 6.49. The quantitative estimate of drug-likeness (QED) is 0.645. The van der Waals surface area contributed by atoms with Crippen molar-refractivity contribution in [3.8, 4) is 34.3 Å². The number of benzene rings is 2. The predicted molar refractivity (Wildman–Crippen MR) is 110 cm³/mol. The van der Waals surface area contributed by atoms with Crippen molar-refractivity contribution in [3.63, 3.8) is 0 Å². The van der Waals surface area contributed by atoms with E-state index in [1.807, 2.05) is 29.6 Å². The molecule has 0 saturated heterocycles. The summed E-state index contributed by atoms with van der Waals surface area (Å²) in [5, 5.41) is 16.7. The number of phenols is 1. The van der Waals surface area contributed by atoms with E-state index in [4.69, 9.17) is 14.2 Å². The average molecular weight is 399 g/mol. The van der Waals surface area contributed by atoms with Crippen LogP contribution in [0, 0.1) is 0 Å². The number of para-hydroxylation sites is 1. The fraction of sp³-hybridized carbons (Fsp3) is 0.200. The van der Waals surface area contributed by atoms with E-state index in [2.05, 4.69) is 10.1 Å². The zero-order chi connectivity index (χ0) is 20.1. The molecule has 0 unspecified atom stereocenters. The molecule has 3 aromatic rings. The highest BCUT2D eigenvalue weighted by atomic mass is 32.1. The van der Waals surface area contributed by atoms with Gasteiger partial charge in [-0.15, -0.1) is 11.3 Å². The van der Waals surface area contributed by atoms with Crippen molar-refractivity contribution in [1.82, 2.24) is 4.68 Å². The SMILES string of the molecule is CN=c1scc(-c2ccccc2OC)n1N=Cc1cc(OC)c(O)c(OC)c1. The van der Waals surface area contributed by atoms with Crippen LogP contribution < -0.4 is 19.0 Å². The first kappa shape index (κ1) is 19.5. The number of hydrogen-bond acceptors (Lipinski definition) is 7. The number of thiazole rings is 1. The van der Waals surface area contributed by atoms with E-state index in [9.17, 15) is 5.11 Å². The summed E-state index contributed by atoms with van der Waals surface area (Å²) < 4.78 is 17.6.